The number of thiazole rings is 2. The molecule has 2 aromatic heterocycles. The van der Waals surface area contributed by atoms with Gasteiger partial charge in [0.15, 0.2) is 8.68 Å². The highest BCUT2D eigenvalue weighted by atomic mass is 32.2. The van der Waals surface area contributed by atoms with E-state index >= 15 is 0 Å². The number of fused-ring (bicyclic) bond motifs is 2. The SMILES string of the molecule is NSc1nc2c(CCCc3cccc4sc(SN)nc34)cccc2s1. The van der Waals surface area contributed by atoms with Gasteiger partial charge >= 0.3 is 0 Å². The monoisotopic (exact) mass is 404 g/mol. The van der Waals surface area contributed by atoms with Crippen LogP contribution in [0.3, 0.4) is 0 Å². The zero-order chi connectivity index (χ0) is 17.2. The van der Waals surface area contributed by atoms with Crippen LogP contribution < -0.4 is 10.3 Å². The molecule has 0 radical (unpaired) electrons. The molecule has 0 unspecified atom stereocenters. The van der Waals surface area contributed by atoms with Crippen LogP contribution in [0.2, 0.25) is 0 Å². The van der Waals surface area contributed by atoms with Crippen molar-refractivity contribution in [1.29, 1.82) is 0 Å². The Balaban J connectivity index is 1.53. The molecule has 0 amide bonds. The van der Waals surface area contributed by atoms with Crippen LogP contribution in [0, 0.1) is 0 Å². The molecule has 25 heavy (non-hydrogen) atoms. The van der Waals surface area contributed by atoms with E-state index in [-0.39, 0.29) is 0 Å². The van der Waals surface area contributed by atoms with Gasteiger partial charge in [0, 0.05) is 0 Å². The van der Waals surface area contributed by atoms with Gasteiger partial charge in [0.2, 0.25) is 0 Å². The molecule has 4 N–H and O–H groups in total. The Bertz CT molecular complexity index is 942. The second-order valence-corrected chi connectivity index (χ2v) is 9.40. The highest BCUT2D eigenvalue weighted by molar-refractivity contribution is 7.99. The molecule has 4 rings (SSSR count). The lowest BCUT2D eigenvalue weighted by molar-refractivity contribution is 0.826. The molecule has 0 aliphatic rings. The van der Waals surface area contributed by atoms with Gasteiger partial charge in [0.25, 0.3) is 0 Å². The number of nitrogens with two attached hydrogens (primary N) is 2. The third-order valence-electron chi connectivity index (χ3n) is 4.06. The average Bonchev–Trinajstić information content (AvgIpc) is 3.25. The molecule has 0 atom stereocenters. The summed E-state index contributed by atoms with van der Waals surface area (Å²) in [6, 6.07) is 12.8. The van der Waals surface area contributed by atoms with Crippen LogP contribution in [-0.2, 0) is 12.8 Å². The molecule has 0 fully saturated rings. The fraction of sp³-hybridized carbons (Fsp3) is 0.176. The predicted molar refractivity (Wildman–Crippen MR) is 111 cm³/mol. The first-order valence-electron chi connectivity index (χ1n) is 7.79. The van der Waals surface area contributed by atoms with Crippen molar-refractivity contribution in [1.82, 2.24) is 9.97 Å². The summed E-state index contributed by atoms with van der Waals surface area (Å²) in [5.41, 5.74) is 4.76. The predicted octanol–water partition coefficient (Wildman–Crippen LogP) is 5.01. The smallest absolute Gasteiger partial charge is 0.165 e. The first kappa shape index (κ1) is 17.3. The molecule has 4 aromatic rings. The minimum Gasteiger partial charge on any atom is -0.272 e. The summed E-state index contributed by atoms with van der Waals surface area (Å²) in [5.74, 6) is 0. The molecule has 0 bridgehead atoms. The lowest BCUT2D eigenvalue weighted by Crippen LogP contribution is -1.92. The van der Waals surface area contributed by atoms with Gasteiger partial charge in [-0.15, -0.1) is 22.7 Å². The summed E-state index contributed by atoms with van der Waals surface area (Å²) >= 11 is 5.74. The summed E-state index contributed by atoms with van der Waals surface area (Å²) in [7, 11) is 0. The molecule has 0 aliphatic carbocycles. The van der Waals surface area contributed by atoms with E-state index in [4.69, 9.17) is 10.3 Å². The Labute approximate surface area is 162 Å². The second-order valence-electron chi connectivity index (χ2n) is 5.58. The zero-order valence-electron chi connectivity index (χ0n) is 13.3. The zero-order valence-corrected chi connectivity index (χ0v) is 16.5. The maximum Gasteiger partial charge on any atom is 0.165 e. The van der Waals surface area contributed by atoms with Gasteiger partial charge in [-0.2, -0.15) is 0 Å². The number of hydrogen-bond donors (Lipinski definition) is 2. The molecular weight excluding hydrogens is 388 g/mol. The minimum atomic E-state index is 0.918. The van der Waals surface area contributed by atoms with E-state index in [0.29, 0.717) is 0 Å². The summed E-state index contributed by atoms with van der Waals surface area (Å²) in [5, 5.41) is 11.3. The van der Waals surface area contributed by atoms with Crippen LogP contribution >= 0.6 is 46.6 Å². The fourth-order valence-corrected chi connectivity index (χ4v) is 5.65. The standard InChI is InChI=1S/C17H16N4S4/c18-24-16-20-14-10(6-2-8-12(14)22-16)4-1-5-11-7-3-9-13-15(11)21-17(23-13)25-19/h2-3,6-9H,1,4-5,18-19H2. The number of aromatic nitrogens is 2. The van der Waals surface area contributed by atoms with Crippen molar-refractivity contribution in [2.45, 2.75) is 27.9 Å². The number of aryl methyl sites for hydroxylation is 2. The molecule has 0 aliphatic heterocycles. The topological polar surface area (TPSA) is 77.8 Å². The summed E-state index contributed by atoms with van der Waals surface area (Å²) < 4.78 is 4.25. The Morgan fingerprint density at radius 1 is 0.760 bits per heavy atom. The third kappa shape index (κ3) is 3.55. The van der Waals surface area contributed by atoms with E-state index < -0.39 is 0 Å². The molecule has 4 nitrogen and oxygen atoms in total. The fourth-order valence-electron chi connectivity index (χ4n) is 2.94. The van der Waals surface area contributed by atoms with Gasteiger partial charge in [-0.25, -0.2) is 9.97 Å². The van der Waals surface area contributed by atoms with Crippen molar-refractivity contribution in [2.24, 2.45) is 10.3 Å². The van der Waals surface area contributed by atoms with E-state index in [2.05, 4.69) is 46.4 Å². The lowest BCUT2D eigenvalue weighted by atomic mass is 10.0. The Kier molecular flexibility index (Phi) is 5.25. The first-order chi connectivity index (χ1) is 12.3. The molecule has 2 heterocycles. The molecule has 128 valence electrons. The Morgan fingerprint density at radius 2 is 1.24 bits per heavy atom. The maximum atomic E-state index is 5.65. The molecule has 8 heteroatoms. The Hall–Kier alpha value is -1.16. The number of nitrogens with zero attached hydrogens (tertiary/aromatic N) is 2. The number of para-hydroxylation sites is 2. The highest BCUT2D eigenvalue weighted by Gasteiger charge is 2.10. The van der Waals surface area contributed by atoms with Crippen molar-refractivity contribution in [3.63, 3.8) is 0 Å². The molecule has 0 saturated carbocycles. The van der Waals surface area contributed by atoms with Gasteiger partial charge in [-0.3, -0.25) is 10.3 Å². The van der Waals surface area contributed by atoms with E-state index in [1.165, 1.54) is 44.4 Å². The van der Waals surface area contributed by atoms with Crippen LogP contribution in [0.25, 0.3) is 20.4 Å². The average molecular weight is 405 g/mol. The van der Waals surface area contributed by atoms with Crippen molar-refractivity contribution in [3.8, 4) is 0 Å². The van der Waals surface area contributed by atoms with Crippen LogP contribution in [0.1, 0.15) is 17.5 Å². The van der Waals surface area contributed by atoms with Gasteiger partial charge in [0.05, 0.1) is 20.4 Å². The van der Waals surface area contributed by atoms with E-state index in [0.717, 1.165) is 39.0 Å². The van der Waals surface area contributed by atoms with Crippen LogP contribution in [-0.4, -0.2) is 9.97 Å². The first-order valence-corrected chi connectivity index (χ1v) is 11.2. The number of rotatable bonds is 6. The van der Waals surface area contributed by atoms with Gasteiger partial charge in [-0.1, -0.05) is 24.3 Å². The van der Waals surface area contributed by atoms with E-state index in [1.54, 1.807) is 22.7 Å². The molecule has 0 spiro atoms. The molecule has 2 aromatic carbocycles. The van der Waals surface area contributed by atoms with Crippen LogP contribution in [0.5, 0.6) is 0 Å². The summed E-state index contributed by atoms with van der Waals surface area (Å²) in [6.45, 7) is 0. The molecule has 0 saturated heterocycles. The van der Waals surface area contributed by atoms with Crippen molar-refractivity contribution in [2.75, 3.05) is 0 Å². The normalized spacial score (nSPS) is 11.6. The molecular formula is C17H16N4S4. The lowest BCUT2D eigenvalue weighted by Gasteiger charge is -2.04. The highest BCUT2D eigenvalue weighted by Crippen LogP contribution is 2.31. The van der Waals surface area contributed by atoms with Gasteiger partial charge in [0.1, 0.15) is 0 Å². The van der Waals surface area contributed by atoms with Crippen molar-refractivity contribution in [3.05, 3.63) is 47.5 Å². The van der Waals surface area contributed by atoms with Crippen molar-refractivity contribution < 1.29 is 0 Å². The van der Waals surface area contributed by atoms with E-state index in [1.807, 2.05) is 0 Å². The minimum absolute atomic E-state index is 0.918. The quantitative estimate of drug-likeness (QED) is 0.440. The van der Waals surface area contributed by atoms with Crippen LogP contribution in [0.4, 0.5) is 0 Å². The Morgan fingerprint density at radius 3 is 1.68 bits per heavy atom. The van der Waals surface area contributed by atoms with Crippen molar-refractivity contribution >= 4 is 67.0 Å². The van der Waals surface area contributed by atoms with Crippen LogP contribution in [0.15, 0.2) is 45.1 Å². The summed E-state index contributed by atoms with van der Waals surface area (Å²) in [6.07, 6.45) is 3.05. The largest absolute Gasteiger partial charge is 0.272 e. The van der Waals surface area contributed by atoms with E-state index in [9.17, 15) is 0 Å². The second kappa shape index (κ2) is 7.61. The van der Waals surface area contributed by atoms with Gasteiger partial charge in [-0.05, 0) is 66.4 Å². The third-order valence-corrected chi connectivity index (χ3v) is 7.35. The number of hydrogen-bond acceptors (Lipinski definition) is 8. The summed E-state index contributed by atoms with van der Waals surface area (Å²) in [4.78, 5) is 9.30. The maximum absolute atomic E-state index is 5.65. The number of benzene rings is 2. The van der Waals surface area contributed by atoms with Gasteiger partial charge < -0.3 is 0 Å².